The van der Waals surface area contributed by atoms with Crippen molar-refractivity contribution in [2.45, 2.75) is 31.8 Å². The molecule has 0 bridgehead atoms. The van der Waals surface area contributed by atoms with E-state index in [1.54, 1.807) is 13.2 Å². The molecule has 0 heterocycles. The summed E-state index contributed by atoms with van der Waals surface area (Å²) in [5.74, 6) is 0. The summed E-state index contributed by atoms with van der Waals surface area (Å²) in [7, 11) is 1.66. The van der Waals surface area contributed by atoms with Crippen LogP contribution in [0.1, 0.15) is 31.4 Å². The second-order valence-electron chi connectivity index (χ2n) is 4.46. The summed E-state index contributed by atoms with van der Waals surface area (Å²) in [6.07, 6.45) is 1.54. The van der Waals surface area contributed by atoms with Gasteiger partial charge in [0.2, 0.25) is 0 Å². The van der Waals surface area contributed by atoms with Crippen LogP contribution in [0.15, 0.2) is 18.2 Å². The van der Waals surface area contributed by atoms with Gasteiger partial charge in [-0.15, -0.1) is 0 Å². The SMILES string of the molecule is CCC(NC(CCO)COC)c1ccc(Cl)cc1Cl. The van der Waals surface area contributed by atoms with Gasteiger partial charge in [0.05, 0.1) is 6.61 Å². The van der Waals surface area contributed by atoms with Crippen molar-refractivity contribution in [1.29, 1.82) is 0 Å². The molecule has 19 heavy (non-hydrogen) atoms. The Balaban J connectivity index is 2.80. The summed E-state index contributed by atoms with van der Waals surface area (Å²) in [5, 5.41) is 13.8. The van der Waals surface area contributed by atoms with Crippen molar-refractivity contribution in [3.63, 3.8) is 0 Å². The van der Waals surface area contributed by atoms with E-state index in [0.717, 1.165) is 12.0 Å². The molecule has 1 rings (SSSR count). The molecule has 108 valence electrons. The molecule has 0 aliphatic rings. The van der Waals surface area contributed by atoms with Crippen molar-refractivity contribution in [2.24, 2.45) is 0 Å². The van der Waals surface area contributed by atoms with Crippen LogP contribution in [0.5, 0.6) is 0 Å². The number of hydrogen-bond acceptors (Lipinski definition) is 3. The Bertz CT molecular complexity index is 382. The Hall–Kier alpha value is -0.320. The molecule has 0 aliphatic carbocycles. The van der Waals surface area contributed by atoms with Crippen molar-refractivity contribution in [2.75, 3.05) is 20.3 Å². The van der Waals surface area contributed by atoms with Crippen LogP contribution in [0.2, 0.25) is 10.0 Å². The Morgan fingerprint density at radius 1 is 1.37 bits per heavy atom. The van der Waals surface area contributed by atoms with Gasteiger partial charge >= 0.3 is 0 Å². The summed E-state index contributed by atoms with van der Waals surface area (Å²) < 4.78 is 5.16. The van der Waals surface area contributed by atoms with Crippen molar-refractivity contribution >= 4 is 23.2 Å². The number of ether oxygens (including phenoxy) is 1. The van der Waals surface area contributed by atoms with Gasteiger partial charge in [0.25, 0.3) is 0 Å². The molecule has 2 unspecified atom stereocenters. The summed E-state index contributed by atoms with van der Waals surface area (Å²) in [4.78, 5) is 0. The Morgan fingerprint density at radius 2 is 2.11 bits per heavy atom. The third-order valence-electron chi connectivity index (χ3n) is 3.03. The summed E-state index contributed by atoms with van der Waals surface area (Å²) in [6.45, 7) is 2.78. The fourth-order valence-electron chi connectivity index (χ4n) is 2.07. The lowest BCUT2D eigenvalue weighted by Crippen LogP contribution is -2.37. The first-order chi connectivity index (χ1) is 9.12. The topological polar surface area (TPSA) is 41.5 Å². The highest BCUT2D eigenvalue weighted by atomic mass is 35.5. The zero-order valence-corrected chi connectivity index (χ0v) is 12.8. The fourth-order valence-corrected chi connectivity index (χ4v) is 2.61. The van der Waals surface area contributed by atoms with E-state index in [0.29, 0.717) is 23.1 Å². The summed E-state index contributed by atoms with van der Waals surface area (Å²) in [5.41, 5.74) is 1.02. The molecular formula is C14H21Cl2NO2. The maximum atomic E-state index is 9.07. The van der Waals surface area contributed by atoms with Gasteiger partial charge in [-0.3, -0.25) is 0 Å². The number of methoxy groups -OCH3 is 1. The molecular weight excluding hydrogens is 285 g/mol. The molecule has 0 fully saturated rings. The van der Waals surface area contributed by atoms with Crippen LogP contribution < -0.4 is 5.32 Å². The van der Waals surface area contributed by atoms with Gasteiger partial charge < -0.3 is 15.2 Å². The highest BCUT2D eigenvalue weighted by Crippen LogP contribution is 2.28. The molecule has 0 spiro atoms. The van der Waals surface area contributed by atoms with Crippen LogP contribution in [0.3, 0.4) is 0 Å². The minimum atomic E-state index is 0.103. The van der Waals surface area contributed by atoms with Gasteiger partial charge in [-0.1, -0.05) is 36.2 Å². The average Bonchev–Trinajstić information content (AvgIpc) is 2.37. The number of rotatable bonds is 8. The standard InChI is InChI=1S/C14H21Cl2NO2/c1-3-14(17-11(6-7-18)9-19-2)12-5-4-10(15)8-13(12)16/h4-5,8,11,14,17-18H,3,6-7,9H2,1-2H3. The Morgan fingerprint density at radius 3 is 2.63 bits per heavy atom. The van der Waals surface area contributed by atoms with Crippen LogP contribution in [-0.2, 0) is 4.74 Å². The second-order valence-corrected chi connectivity index (χ2v) is 5.30. The molecule has 0 radical (unpaired) electrons. The number of aliphatic hydroxyl groups is 1. The predicted molar refractivity (Wildman–Crippen MR) is 80.0 cm³/mol. The minimum absolute atomic E-state index is 0.103. The van der Waals surface area contributed by atoms with Crippen molar-refractivity contribution in [3.8, 4) is 0 Å². The average molecular weight is 306 g/mol. The van der Waals surface area contributed by atoms with Crippen LogP contribution in [0, 0.1) is 0 Å². The maximum absolute atomic E-state index is 9.07. The van der Waals surface area contributed by atoms with E-state index in [9.17, 15) is 0 Å². The number of aliphatic hydroxyl groups excluding tert-OH is 1. The molecule has 1 aromatic rings. The number of halogens is 2. The van der Waals surface area contributed by atoms with Crippen LogP contribution >= 0.6 is 23.2 Å². The van der Waals surface area contributed by atoms with E-state index in [4.69, 9.17) is 33.0 Å². The van der Waals surface area contributed by atoms with Gasteiger partial charge in [-0.05, 0) is 30.5 Å². The third kappa shape index (κ3) is 5.28. The second kappa shape index (κ2) is 8.77. The molecule has 3 nitrogen and oxygen atoms in total. The maximum Gasteiger partial charge on any atom is 0.0616 e. The summed E-state index contributed by atoms with van der Waals surface area (Å²) in [6, 6.07) is 5.75. The Kier molecular flexibility index (Phi) is 7.73. The van der Waals surface area contributed by atoms with Crippen LogP contribution in [-0.4, -0.2) is 31.5 Å². The predicted octanol–water partition coefficient (Wildman–Crippen LogP) is 3.43. The van der Waals surface area contributed by atoms with E-state index in [1.807, 2.05) is 12.1 Å². The third-order valence-corrected chi connectivity index (χ3v) is 3.59. The van der Waals surface area contributed by atoms with Crippen LogP contribution in [0.4, 0.5) is 0 Å². The molecule has 0 aliphatic heterocycles. The fraction of sp³-hybridized carbons (Fsp3) is 0.571. The zero-order valence-electron chi connectivity index (χ0n) is 11.3. The van der Waals surface area contributed by atoms with Crippen molar-refractivity contribution < 1.29 is 9.84 Å². The quantitative estimate of drug-likeness (QED) is 0.773. The van der Waals surface area contributed by atoms with E-state index < -0.39 is 0 Å². The van der Waals surface area contributed by atoms with Crippen LogP contribution in [0.25, 0.3) is 0 Å². The smallest absolute Gasteiger partial charge is 0.0616 e. The highest BCUT2D eigenvalue weighted by Gasteiger charge is 2.17. The van der Waals surface area contributed by atoms with E-state index >= 15 is 0 Å². The van der Waals surface area contributed by atoms with Gasteiger partial charge in [-0.2, -0.15) is 0 Å². The molecule has 2 atom stereocenters. The Labute approximate surface area is 124 Å². The molecule has 0 amide bonds. The van der Waals surface area contributed by atoms with Crippen molar-refractivity contribution in [1.82, 2.24) is 5.32 Å². The monoisotopic (exact) mass is 305 g/mol. The molecule has 0 saturated heterocycles. The highest BCUT2D eigenvalue weighted by molar-refractivity contribution is 6.35. The molecule has 5 heteroatoms. The number of hydrogen-bond donors (Lipinski definition) is 2. The summed E-state index contributed by atoms with van der Waals surface area (Å²) >= 11 is 12.1. The number of benzene rings is 1. The molecule has 1 aromatic carbocycles. The van der Waals surface area contributed by atoms with E-state index in [1.165, 1.54) is 0 Å². The van der Waals surface area contributed by atoms with Gasteiger partial charge in [0, 0.05) is 35.8 Å². The first kappa shape index (κ1) is 16.7. The lowest BCUT2D eigenvalue weighted by Gasteiger charge is -2.25. The largest absolute Gasteiger partial charge is 0.396 e. The van der Waals surface area contributed by atoms with Crippen molar-refractivity contribution in [3.05, 3.63) is 33.8 Å². The normalized spacial score (nSPS) is 14.4. The van der Waals surface area contributed by atoms with E-state index in [-0.39, 0.29) is 18.7 Å². The molecule has 0 aromatic heterocycles. The minimum Gasteiger partial charge on any atom is -0.396 e. The van der Waals surface area contributed by atoms with Gasteiger partial charge in [-0.25, -0.2) is 0 Å². The zero-order chi connectivity index (χ0) is 14.3. The number of nitrogens with one attached hydrogen (secondary N) is 1. The first-order valence-corrected chi connectivity index (χ1v) is 7.18. The lowest BCUT2D eigenvalue weighted by molar-refractivity contribution is 0.142. The van der Waals surface area contributed by atoms with Gasteiger partial charge in [0.1, 0.15) is 0 Å². The van der Waals surface area contributed by atoms with E-state index in [2.05, 4.69) is 12.2 Å². The first-order valence-electron chi connectivity index (χ1n) is 6.43. The molecule has 0 saturated carbocycles. The van der Waals surface area contributed by atoms with Gasteiger partial charge in [0.15, 0.2) is 0 Å². The lowest BCUT2D eigenvalue weighted by atomic mass is 10.0. The molecule has 2 N–H and O–H groups in total.